The highest BCUT2D eigenvalue weighted by atomic mass is 19.4. The number of nitrogens with one attached hydrogen (secondary N) is 1. The van der Waals surface area contributed by atoms with Crippen LogP contribution in [0.25, 0.3) is 11.2 Å². The fourth-order valence-corrected chi connectivity index (χ4v) is 4.88. The van der Waals surface area contributed by atoms with Gasteiger partial charge in [0.25, 0.3) is 0 Å². The number of hydrogen-bond acceptors (Lipinski definition) is 8. The van der Waals surface area contributed by atoms with Crippen LogP contribution in [0.15, 0.2) is 24.8 Å². The molecule has 1 unspecified atom stereocenters. The number of amides is 1. The number of rotatable bonds is 7. The monoisotopic (exact) mass is 517 g/mol. The second-order valence-corrected chi connectivity index (χ2v) is 10.2. The molecule has 37 heavy (non-hydrogen) atoms. The second kappa shape index (κ2) is 9.14. The van der Waals surface area contributed by atoms with E-state index in [0.717, 1.165) is 18.9 Å². The number of nitrogen functional groups attached to an aromatic ring is 1. The van der Waals surface area contributed by atoms with Gasteiger partial charge in [-0.2, -0.15) is 13.2 Å². The molecule has 0 spiro atoms. The standard InChI is InChI=1S/C24H30F3N9O/c1-34(2)9-15-16(10-36-13-32-19-20(28)30-12-31-21(19)36)18(6-5-17(15)24(25,26)27)35-8-7-23(29,11-35)22(37)33-14-3-4-14/h5-6,12-14H,3-4,7-11,29H2,1-2H3,(H,33,37)(H2,28,30,31). The van der Waals surface area contributed by atoms with Gasteiger partial charge in [0.05, 0.1) is 18.4 Å². The molecule has 1 aliphatic carbocycles. The lowest BCUT2D eigenvalue weighted by Crippen LogP contribution is -2.56. The molecule has 13 heteroatoms. The molecule has 10 nitrogen and oxygen atoms in total. The Kier molecular flexibility index (Phi) is 6.23. The average Bonchev–Trinajstić information content (AvgIpc) is 3.39. The number of imidazole rings is 1. The van der Waals surface area contributed by atoms with Crippen molar-refractivity contribution in [2.24, 2.45) is 5.73 Å². The molecule has 198 valence electrons. The molecular formula is C24H30F3N9O. The van der Waals surface area contributed by atoms with Gasteiger partial charge in [-0.1, -0.05) is 0 Å². The molecule has 1 amide bonds. The lowest BCUT2D eigenvalue weighted by molar-refractivity contribution is -0.138. The summed E-state index contributed by atoms with van der Waals surface area (Å²) in [6.45, 7) is 0.766. The summed E-state index contributed by atoms with van der Waals surface area (Å²) in [6.07, 6.45) is 0.525. The maximum atomic E-state index is 14.2. The number of anilines is 2. The average molecular weight is 518 g/mol. The molecule has 2 aromatic heterocycles. The Morgan fingerprint density at radius 2 is 1.97 bits per heavy atom. The minimum atomic E-state index is -4.55. The molecule has 5 N–H and O–H groups in total. The zero-order chi connectivity index (χ0) is 26.5. The zero-order valence-corrected chi connectivity index (χ0v) is 20.7. The third-order valence-corrected chi connectivity index (χ3v) is 6.95. The van der Waals surface area contributed by atoms with Gasteiger partial charge >= 0.3 is 6.18 Å². The van der Waals surface area contributed by atoms with Crippen LogP contribution < -0.4 is 21.7 Å². The van der Waals surface area contributed by atoms with Gasteiger partial charge in [-0.15, -0.1) is 0 Å². The van der Waals surface area contributed by atoms with Crippen LogP contribution in [0.2, 0.25) is 0 Å². The number of carbonyl (C=O) groups excluding carboxylic acids is 1. The van der Waals surface area contributed by atoms with Crippen LogP contribution in [-0.2, 0) is 24.1 Å². The highest BCUT2D eigenvalue weighted by Gasteiger charge is 2.44. The van der Waals surface area contributed by atoms with Crippen LogP contribution in [0.4, 0.5) is 24.7 Å². The number of hydrogen-bond donors (Lipinski definition) is 3. The van der Waals surface area contributed by atoms with Crippen molar-refractivity contribution in [2.75, 3.05) is 37.8 Å². The van der Waals surface area contributed by atoms with Gasteiger partial charge in [-0.25, -0.2) is 15.0 Å². The Morgan fingerprint density at radius 3 is 2.65 bits per heavy atom. The third-order valence-electron chi connectivity index (χ3n) is 6.95. The Balaban J connectivity index is 1.59. The maximum Gasteiger partial charge on any atom is 0.416 e. The topological polar surface area (TPSA) is 131 Å². The minimum Gasteiger partial charge on any atom is -0.382 e. The first-order chi connectivity index (χ1) is 17.5. The normalized spacial score (nSPS) is 20.2. The largest absolute Gasteiger partial charge is 0.416 e. The molecule has 3 aromatic rings. The Morgan fingerprint density at radius 1 is 1.22 bits per heavy atom. The molecule has 0 radical (unpaired) electrons. The molecule has 0 bridgehead atoms. The highest BCUT2D eigenvalue weighted by Crippen LogP contribution is 2.40. The van der Waals surface area contributed by atoms with Crippen LogP contribution in [0.3, 0.4) is 0 Å². The number of fused-ring (bicyclic) bond motifs is 1. The number of carbonyl (C=O) groups is 1. The van der Waals surface area contributed by atoms with Gasteiger partial charge in [0, 0.05) is 36.9 Å². The summed E-state index contributed by atoms with van der Waals surface area (Å²) in [5.41, 5.74) is 12.6. The van der Waals surface area contributed by atoms with E-state index in [2.05, 4.69) is 20.3 Å². The minimum absolute atomic E-state index is 0.0611. The number of nitrogens with two attached hydrogens (primary N) is 2. The number of nitrogens with zero attached hydrogens (tertiary/aromatic N) is 6. The summed E-state index contributed by atoms with van der Waals surface area (Å²) in [7, 11) is 3.44. The third kappa shape index (κ3) is 4.92. The van der Waals surface area contributed by atoms with Gasteiger partial charge in [-0.3, -0.25) is 4.79 Å². The molecule has 3 heterocycles. The van der Waals surface area contributed by atoms with Crippen molar-refractivity contribution in [3.05, 3.63) is 41.5 Å². The Hall–Kier alpha value is -3.45. The lowest BCUT2D eigenvalue weighted by Gasteiger charge is -2.29. The number of halogens is 3. The van der Waals surface area contributed by atoms with Crippen molar-refractivity contribution in [1.82, 2.24) is 29.7 Å². The van der Waals surface area contributed by atoms with Crippen molar-refractivity contribution in [2.45, 2.75) is 50.1 Å². The molecular weight excluding hydrogens is 487 g/mol. The van der Waals surface area contributed by atoms with E-state index in [0.29, 0.717) is 35.4 Å². The predicted molar refractivity (Wildman–Crippen MR) is 133 cm³/mol. The maximum absolute atomic E-state index is 14.2. The first-order valence-corrected chi connectivity index (χ1v) is 12.1. The van der Waals surface area contributed by atoms with E-state index in [1.54, 1.807) is 23.6 Å². The number of aromatic nitrogens is 4. The van der Waals surface area contributed by atoms with Crippen LogP contribution in [0.5, 0.6) is 0 Å². The van der Waals surface area contributed by atoms with E-state index >= 15 is 0 Å². The number of benzene rings is 1. The van der Waals surface area contributed by atoms with Gasteiger partial charge in [0.1, 0.15) is 17.4 Å². The fraction of sp³-hybridized carbons (Fsp3) is 0.500. The summed E-state index contributed by atoms with van der Waals surface area (Å²) in [5, 5.41) is 2.97. The molecule has 5 rings (SSSR count). The van der Waals surface area contributed by atoms with E-state index < -0.39 is 17.3 Å². The van der Waals surface area contributed by atoms with Gasteiger partial charge in [0.2, 0.25) is 5.91 Å². The molecule has 2 fully saturated rings. The van der Waals surface area contributed by atoms with E-state index in [4.69, 9.17) is 11.5 Å². The molecule has 1 atom stereocenters. The molecule has 1 aliphatic heterocycles. The van der Waals surface area contributed by atoms with Crippen molar-refractivity contribution in [3.63, 3.8) is 0 Å². The van der Waals surface area contributed by atoms with Crippen LogP contribution >= 0.6 is 0 Å². The van der Waals surface area contributed by atoms with E-state index in [1.807, 2.05) is 4.90 Å². The lowest BCUT2D eigenvalue weighted by atomic mass is 9.96. The Bertz CT molecular complexity index is 1330. The van der Waals surface area contributed by atoms with E-state index in [1.165, 1.54) is 18.7 Å². The zero-order valence-electron chi connectivity index (χ0n) is 20.7. The molecule has 1 saturated carbocycles. The molecule has 1 aromatic carbocycles. The molecule has 1 saturated heterocycles. The fourth-order valence-electron chi connectivity index (χ4n) is 4.88. The van der Waals surface area contributed by atoms with Gasteiger partial charge in [-0.05, 0) is 51.1 Å². The second-order valence-electron chi connectivity index (χ2n) is 10.2. The van der Waals surface area contributed by atoms with Crippen LogP contribution in [0, 0.1) is 0 Å². The first-order valence-electron chi connectivity index (χ1n) is 12.1. The summed E-state index contributed by atoms with van der Waals surface area (Å²) in [6, 6.07) is 2.76. The SMILES string of the molecule is CN(C)Cc1c(C(F)(F)F)ccc(N2CCC(N)(C(=O)NC3CC3)C2)c1Cn1cnc2c(N)ncnc21. The van der Waals surface area contributed by atoms with Crippen molar-refractivity contribution in [1.29, 1.82) is 0 Å². The number of alkyl halides is 3. The quantitative estimate of drug-likeness (QED) is 0.432. The van der Waals surface area contributed by atoms with Crippen molar-refractivity contribution < 1.29 is 18.0 Å². The Labute approximate surface area is 211 Å². The van der Waals surface area contributed by atoms with Crippen molar-refractivity contribution >= 4 is 28.6 Å². The van der Waals surface area contributed by atoms with Crippen LogP contribution in [-0.4, -0.2) is 69.1 Å². The first kappa shape index (κ1) is 25.2. The summed E-state index contributed by atoms with van der Waals surface area (Å²) >= 11 is 0. The van der Waals surface area contributed by atoms with E-state index in [-0.39, 0.29) is 43.0 Å². The van der Waals surface area contributed by atoms with E-state index in [9.17, 15) is 18.0 Å². The molecule has 2 aliphatic rings. The highest BCUT2D eigenvalue weighted by molar-refractivity contribution is 5.88. The van der Waals surface area contributed by atoms with Gasteiger partial charge in [0.15, 0.2) is 11.5 Å². The smallest absolute Gasteiger partial charge is 0.382 e. The summed E-state index contributed by atoms with van der Waals surface area (Å²) in [4.78, 5) is 28.9. The van der Waals surface area contributed by atoms with Crippen molar-refractivity contribution in [3.8, 4) is 0 Å². The van der Waals surface area contributed by atoms with Gasteiger partial charge < -0.3 is 31.2 Å². The van der Waals surface area contributed by atoms with Crippen LogP contribution in [0.1, 0.15) is 36.0 Å². The summed E-state index contributed by atoms with van der Waals surface area (Å²) in [5.74, 6) is -0.0251. The summed E-state index contributed by atoms with van der Waals surface area (Å²) < 4.78 is 44.2. The predicted octanol–water partition coefficient (Wildman–Crippen LogP) is 1.72.